The van der Waals surface area contributed by atoms with Crippen molar-refractivity contribution in [3.05, 3.63) is 23.9 Å². The van der Waals surface area contributed by atoms with Crippen LogP contribution in [0, 0.1) is 17.8 Å². The maximum Gasteiger partial charge on any atom is 0.421 e. The lowest BCUT2D eigenvalue weighted by Gasteiger charge is -2.13. The highest BCUT2D eigenvalue weighted by atomic mass is 19.4. The van der Waals surface area contributed by atoms with Gasteiger partial charge in [-0.25, -0.2) is 4.98 Å². The number of hydrogen-bond donors (Lipinski definition) is 1. The Morgan fingerprint density at radius 3 is 2.72 bits per heavy atom. The van der Waals surface area contributed by atoms with Crippen molar-refractivity contribution in [3.8, 4) is 5.88 Å². The molecule has 6 heteroatoms. The second-order valence-electron chi connectivity index (χ2n) is 4.81. The highest BCUT2D eigenvalue weighted by Crippen LogP contribution is 2.48. The van der Waals surface area contributed by atoms with Crippen molar-refractivity contribution in [1.82, 2.24) is 10.3 Å². The molecule has 0 aromatic carbocycles. The minimum Gasteiger partial charge on any atom is -0.477 e. The molecule has 1 saturated carbocycles. The Balaban J connectivity index is 1.66. The molecule has 98 valence electrons. The minimum atomic E-state index is -4.41. The van der Waals surface area contributed by atoms with E-state index in [2.05, 4.69) is 10.3 Å². The third kappa shape index (κ3) is 2.05. The molecule has 0 spiro atoms. The Labute approximate surface area is 102 Å². The van der Waals surface area contributed by atoms with Crippen LogP contribution in [0.15, 0.2) is 18.3 Å². The molecular weight excluding hydrogens is 245 g/mol. The topological polar surface area (TPSA) is 34.1 Å². The Hall–Kier alpha value is -1.30. The second kappa shape index (κ2) is 4.12. The van der Waals surface area contributed by atoms with Crippen molar-refractivity contribution in [1.29, 1.82) is 0 Å². The SMILES string of the molecule is FC(F)(F)c1cccnc1OCC1C2CNCC21. The van der Waals surface area contributed by atoms with E-state index in [0.717, 1.165) is 19.2 Å². The lowest BCUT2D eigenvalue weighted by Crippen LogP contribution is -2.18. The van der Waals surface area contributed by atoms with E-state index in [1.165, 1.54) is 12.3 Å². The average Bonchev–Trinajstić information content (AvgIpc) is 2.77. The minimum absolute atomic E-state index is 0.303. The zero-order valence-corrected chi connectivity index (χ0v) is 9.57. The van der Waals surface area contributed by atoms with Crippen LogP contribution in [0.5, 0.6) is 5.88 Å². The molecule has 0 radical (unpaired) electrons. The predicted molar refractivity (Wildman–Crippen MR) is 58.1 cm³/mol. The summed E-state index contributed by atoms with van der Waals surface area (Å²) in [6, 6.07) is 2.27. The van der Waals surface area contributed by atoms with Gasteiger partial charge in [0.1, 0.15) is 5.56 Å². The van der Waals surface area contributed by atoms with Gasteiger partial charge in [-0.2, -0.15) is 13.2 Å². The van der Waals surface area contributed by atoms with Crippen molar-refractivity contribution >= 4 is 0 Å². The van der Waals surface area contributed by atoms with Gasteiger partial charge in [0.15, 0.2) is 0 Å². The van der Waals surface area contributed by atoms with Crippen molar-refractivity contribution in [2.75, 3.05) is 19.7 Å². The van der Waals surface area contributed by atoms with E-state index in [1.807, 2.05) is 0 Å². The number of aromatic nitrogens is 1. The number of ether oxygens (including phenoxy) is 1. The number of halogens is 3. The van der Waals surface area contributed by atoms with Crippen LogP contribution in [0.1, 0.15) is 5.56 Å². The number of rotatable bonds is 3. The maximum atomic E-state index is 12.7. The van der Waals surface area contributed by atoms with Gasteiger partial charge >= 0.3 is 6.18 Å². The quantitative estimate of drug-likeness (QED) is 0.899. The van der Waals surface area contributed by atoms with Gasteiger partial charge in [0.25, 0.3) is 0 Å². The molecule has 0 amide bonds. The molecule has 2 heterocycles. The standard InChI is InChI=1S/C12H13F3N2O/c13-12(14,15)10-2-1-3-17-11(10)18-6-9-7-4-16-5-8(7)9/h1-3,7-9,16H,4-6H2. The van der Waals surface area contributed by atoms with Gasteiger partial charge in [-0.15, -0.1) is 0 Å². The predicted octanol–water partition coefficient (Wildman–Crippen LogP) is 1.94. The van der Waals surface area contributed by atoms with Gasteiger partial charge in [-0.3, -0.25) is 0 Å². The number of nitrogens with zero attached hydrogens (tertiary/aromatic N) is 1. The number of hydrogen-bond acceptors (Lipinski definition) is 3. The lowest BCUT2D eigenvalue weighted by molar-refractivity contribution is -0.139. The average molecular weight is 258 g/mol. The molecule has 1 aromatic rings. The summed E-state index contributed by atoms with van der Waals surface area (Å²) in [5, 5.41) is 3.23. The number of pyridine rings is 1. The van der Waals surface area contributed by atoms with Gasteiger partial charge in [0, 0.05) is 12.1 Å². The van der Waals surface area contributed by atoms with Crippen LogP contribution in [-0.2, 0) is 6.18 Å². The second-order valence-corrected chi connectivity index (χ2v) is 4.81. The zero-order valence-electron chi connectivity index (χ0n) is 9.57. The summed E-state index contributed by atoms with van der Waals surface area (Å²) in [5.74, 6) is 1.23. The highest BCUT2D eigenvalue weighted by molar-refractivity contribution is 5.28. The van der Waals surface area contributed by atoms with Crippen LogP contribution >= 0.6 is 0 Å². The molecule has 3 nitrogen and oxygen atoms in total. The summed E-state index contributed by atoms with van der Waals surface area (Å²) in [7, 11) is 0. The summed E-state index contributed by atoms with van der Waals surface area (Å²) in [6.45, 7) is 2.23. The molecule has 1 aliphatic carbocycles. The first kappa shape index (κ1) is 11.8. The van der Waals surface area contributed by atoms with E-state index >= 15 is 0 Å². The molecule has 18 heavy (non-hydrogen) atoms. The summed E-state index contributed by atoms with van der Waals surface area (Å²) in [4.78, 5) is 3.68. The Morgan fingerprint density at radius 1 is 1.33 bits per heavy atom. The number of piperidine rings is 1. The van der Waals surface area contributed by atoms with Crippen LogP contribution < -0.4 is 10.1 Å². The van der Waals surface area contributed by atoms with Gasteiger partial charge in [-0.05, 0) is 37.1 Å². The van der Waals surface area contributed by atoms with E-state index in [-0.39, 0.29) is 5.88 Å². The van der Waals surface area contributed by atoms with E-state index in [4.69, 9.17) is 4.74 Å². The molecule has 0 bridgehead atoms. The van der Waals surface area contributed by atoms with Crippen molar-refractivity contribution in [2.45, 2.75) is 6.18 Å². The van der Waals surface area contributed by atoms with Gasteiger partial charge in [0.2, 0.25) is 5.88 Å². The molecule has 2 aliphatic rings. The van der Waals surface area contributed by atoms with E-state index in [9.17, 15) is 13.2 Å². The summed E-state index contributed by atoms with van der Waals surface area (Å²) in [6.07, 6.45) is -3.09. The van der Waals surface area contributed by atoms with Crippen LogP contribution in [-0.4, -0.2) is 24.7 Å². The van der Waals surface area contributed by atoms with Gasteiger partial charge in [0.05, 0.1) is 6.61 Å². The fraction of sp³-hybridized carbons (Fsp3) is 0.583. The third-order valence-corrected chi connectivity index (χ3v) is 3.76. The smallest absolute Gasteiger partial charge is 0.421 e. The van der Waals surface area contributed by atoms with Crippen molar-refractivity contribution < 1.29 is 17.9 Å². The molecule has 2 fully saturated rings. The third-order valence-electron chi connectivity index (χ3n) is 3.76. The highest BCUT2D eigenvalue weighted by Gasteiger charge is 2.53. The number of nitrogens with one attached hydrogen (secondary N) is 1. The fourth-order valence-corrected chi connectivity index (χ4v) is 2.69. The fourth-order valence-electron chi connectivity index (χ4n) is 2.69. The maximum absolute atomic E-state index is 12.7. The molecule has 2 atom stereocenters. The monoisotopic (exact) mass is 258 g/mol. The molecule has 1 aromatic heterocycles. The van der Waals surface area contributed by atoms with Crippen LogP contribution in [0.4, 0.5) is 13.2 Å². The molecule has 1 N–H and O–H groups in total. The first-order valence-corrected chi connectivity index (χ1v) is 5.93. The van der Waals surface area contributed by atoms with Crippen LogP contribution in [0.3, 0.4) is 0 Å². The number of alkyl halides is 3. The largest absolute Gasteiger partial charge is 0.477 e. The lowest BCUT2D eigenvalue weighted by atomic mass is 10.2. The Bertz CT molecular complexity index is 439. The molecule has 3 rings (SSSR count). The Morgan fingerprint density at radius 2 is 2.06 bits per heavy atom. The molecule has 2 unspecified atom stereocenters. The summed E-state index contributed by atoms with van der Waals surface area (Å²) >= 11 is 0. The van der Waals surface area contributed by atoms with E-state index in [1.54, 1.807) is 0 Å². The molecule has 1 saturated heterocycles. The van der Waals surface area contributed by atoms with Crippen LogP contribution in [0.25, 0.3) is 0 Å². The van der Waals surface area contributed by atoms with E-state index < -0.39 is 11.7 Å². The summed E-state index contributed by atoms with van der Waals surface area (Å²) < 4.78 is 43.3. The normalized spacial score (nSPS) is 30.1. The summed E-state index contributed by atoms with van der Waals surface area (Å²) in [5.41, 5.74) is -0.797. The molecule has 1 aliphatic heterocycles. The Kier molecular flexibility index (Phi) is 2.69. The van der Waals surface area contributed by atoms with Crippen molar-refractivity contribution in [3.63, 3.8) is 0 Å². The van der Waals surface area contributed by atoms with Crippen LogP contribution in [0.2, 0.25) is 0 Å². The zero-order chi connectivity index (χ0) is 12.8. The van der Waals surface area contributed by atoms with Gasteiger partial charge in [-0.1, -0.05) is 0 Å². The van der Waals surface area contributed by atoms with Gasteiger partial charge < -0.3 is 10.1 Å². The van der Waals surface area contributed by atoms with Crippen molar-refractivity contribution in [2.24, 2.45) is 17.8 Å². The number of fused-ring (bicyclic) bond motifs is 1. The molecular formula is C12H13F3N2O. The first-order valence-electron chi connectivity index (χ1n) is 5.93. The first-order chi connectivity index (χ1) is 8.57. The van der Waals surface area contributed by atoms with E-state index in [0.29, 0.717) is 24.4 Å².